The zero-order chi connectivity index (χ0) is 17.7. The van der Waals surface area contributed by atoms with Crippen molar-refractivity contribution in [1.82, 2.24) is 9.80 Å². The van der Waals surface area contributed by atoms with E-state index in [2.05, 4.69) is 20.8 Å². The Morgan fingerprint density at radius 2 is 1.71 bits per heavy atom. The second-order valence-electron chi connectivity index (χ2n) is 8.79. The van der Waals surface area contributed by atoms with Crippen LogP contribution in [0.15, 0.2) is 0 Å². The molecular weight excluding hydrogens is 308 g/mol. The van der Waals surface area contributed by atoms with Gasteiger partial charge in [-0.3, -0.25) is 0 Å². The number of amides is 2. The first-order valence-electron chi connectivity index (χ1n) is 9.10. The van der Waals surface area contributed by atoms with E-state index in [1.54, 1.807) is 0 Å². The Morgan fingerprint density at radius 1 is 1.08 bits per heavy atom. The van der Waals surface area contributed by atoms with Crippen LogP contribution in [0.4, 0.5) is 4.79 Å². The summed E-state index contributed by atoms with van der Waals surface area (Å²) in [5.74, 6) is -0.852. The molecule has 3 aliphatic rings. The van der Waals surface area contributed by atoms with E-state index in [0.717, 1.165) is 13.1 Å². The van der Waals surface area contributed by atoms with Crippen molar-refractivity contribution in [2.75, 3.05) is 26.2 Å². The summed E-state index contributed by atoms with van der Waals surface area (Å²) >= 11 is 0. The molecule has 1 saturated carbocycles. The Balaban J connectivity index is 1.60. The molecule has 0 radical (unpaired) electrons. The number of urea groups is 1. The number of hydrogen-bond acceptors (Lipinski definition) is 3. The highest BCUT2D eigenvalue weighted by atomic mass is 16.4. The molecular formula is C18H30N2O4. The van der Waals surface area contributed by atoms with Gasteiger partial charge in [-0.2, -0.15) is 0 Å². The molecule has 3 atom stereocenters. The Kier molecular flexibility index (Phi) is 4.31. The highest BCUT2D eigenvalue weighted by Crippen LogP contribution is 2.59. The van der Waals surface area contributed by atoms with Crippen molar-refractivity contribution >= 4 is 12.0 Å². The smallest absolute Gasteiger partial charge is 0.332 e. The van der Waals surface area contributed by atoms with E-state index in [-0.39, 0.29) is 22.8 Å². The maximum Gasteiger partial charge on any atom is 0.332 e. The summed E-state index contributed by atoms with van der Waals surface area (Å²) in [5, 5.41) is 18.6. The maximum absolute atomic E-state index is 12.9. The third-order valence-corrected chi connectivity index (χ3v) is 7.38. The first-order chi connectivity index (χ1) is 11.2. The number of aliphatic carboxylic acids is 1. The van der Waals surface area contributed by atoms with Gasteiger partial charge in [0, 0.05) is 26.2 Å². The number of aliphatic hydroxyl groups excluding tert-OH is 1. The van der Waals surface area contributed by atoms with E-state index in [1.807, 2.05) is 9.80 Å². The molecule has 3 fully saturated rings. The number of fused-ring (bicyclic) bond motifs is 2. The molecule has 24 heavy (non-hydrogen) atoms. The van der Waals surface area contributed by atoms with Crippen LogP contribution in [0.2, 0.25) is 0 Å². The number of carbonyl (C=O) groups is 2. The Morgan fingerprint density at radius 3 is 2.25 bits per heavy atom. The summed E-state index contributed by atoms with van der Waals surface area (Å²) in [6, 6.07) is 0.0897. The number of nitrogens with zero attached hydrogens (tertiary/aromatic N) is 2. The van der Waals surface area contributed by atoms with Gasteiger partial charge in [0.15, 0.2) is 6.10 Å². The minimum Gasteiger partial charge on any atom is -0.479 e. The largest absolute Gasteiger partial charge is 0.479 e. The summed E-state index contributed by atoms with van der Waals surface area (Å²) in [5.41, 5.74) is 0.464. The molecule has 1 unspecified atom stereocenters. The lowest BCUT2D eigenvalue weighted by molar-refractivity contribution is -0.150. The van der Waals surface area contributed by atoms with Crippen LogP contribution in [0, 0.1) is 22.7 Å². The van der Waals surface area contributed by atoms with E-state index >= 15 is 0 Å². The highest BCUT2D eigenvalue weighted by Gasteiger charge is 2.56. The Bertz CT molecular complexity index is 527. The quantitative estimate of drug-likeness (QED) is 0.807. The third-order valence-electron chi connectivity index (χ3n) is 7.38. The number of carboxylic acids is 1. The first-order valence-corrected chi connectivity index (χ1v) is 9.10. The summed E-state index contributed by atoms with van der Waals surface area (Å²) in [7, 11) is 0. The molecule has 1 aliphatic carbocycles. The van der Waals surface area contributed by atoms with E-state index < -0.39 is 12.1 Å². The van der Waals surface area contributed by atoms with Crippen LogP contribution in [-0.4, -0.2) is 64.3 Å². The molecule has 2 aliphatic heterocycles. The molecule has 0 spiro atoms. The average molecular weight is 338 g/mol. The minimum absolute atomic E-state index is 0.0897. The molecule has 3 rings (SSSR count). The van der Waals surface area contributed by atoms with Crippen LogP contribution < -0.4 is 0 Å². The van der Waals surface area contributed by atoms with Crippen molar-refractivity contribution in [2.24, 2.45) is 22.7 Å². The number of rotatable bonds is 2. The molecule has 6 nitrogen and oxygen atoms in total. The molecule has 6 heteroatoms. The predicted octanol–water partition coefficient (Wildman–Crippen LogP) is 2.02. The van der Waals surface area contributed by atoms with Crippen LogP contribution in [0.1, 0.15) is 46.5 Å². The minimum atomic E-state index is -1.31. The van der Waals surface area contributed by atoms with Crippen LogP contribution in [-0.2, 0) is 4.79 Å². The van der Waals surface area contributed by atoms with Gasteiger partial charge in [0.2, 0.25) is 0 Å². The standard InChI is InChI=1S/C18H30N2O4/c1-17(2)13-4-7-18(17,3)11-20(10-13)16(24)19-8-5-12(6-9-19)14(21)15(22)23/h12-14,21H,4-11H2,1-3H3,(H,22,23)/t13-,14?,18+/m1/s1. The van der Waals surface area contributed by atoms with Gasteiger partial charge in [-0.05, 0) is 48.3 Å². The van der Waals surface area contributed by atoms with E-state index in [1.165, 1.54) is 12.8 Å². The van der Waals surface area contributed by atoms with E-state index in [9.17, 15) is 14.7 Å². The van der Waals surface area contributed by atoms with Gasteiger partial charge in [0.25, 0.3) is 0 Å². The molecule has 2 bridgehead atoms. The lowest BCUT2D eigenvalue weighted by atomic mass is 9.63. The van der Waals surface area contributed by atoms with Crippen LogP contribution >= 0.6 is 0 Å². The zero-order valence-electron chi connectivity index (χ0n) is 15.0. The molecule has 0 aromatic heterocycles. The maximum atomic E-state index is 12.9. The van der Waals surface area contributed by atoms with Crippen LogP contribution in [0.5, 0.6) is 0 Å². The van der Waals surface area contributed by atoms with Crippen molar-refractivity contribution in [3.05, 3.63) is 0 Å². The van der Waals surface area contributed by atoms with Gasteiger partial charge in [-0.1, -0.05) is 20.8 Å². The monoisotopic (exact) mass is 338 g/mol. The van der Waals surface area contributed by atoms with Crippen LogP contribution in [0.25, 0.3) is 0 Å². The molecule has 136 valence electrons. The van der Waals surface area contributed by atoms with Gasteiger partial charge in [0.05, 0.1) is 0 Å². The van der Waals surface area contributed by atoms with E-state index in [4.69, 9.17) is 5.11 Å². The molecule has 0 aromatic rings. The van der Waals surface area contributed by atoms with Gasteiger partial charge in [-0.25, -0.2) is 9.59 Å². The fourth-order valence-electron chi connectivity index (χ4n) is 4.98. The summed E-state index contributed by atoms with van der Waals surface area (Å²) < 4.78 is 0. The summed E-state index contributed by atoms with van der Waals surface area (Å²) in [6.45, 7) is 9.70. The highest BCUT2D eigenvalue weighted by molar-refractivity contribution is 5.75. The Labute approximate surface area is 143 Å². The van der Waals surface area contributed by atoms with Gasteiger partial charge in [0.1, 0.15) is 0 Å². The van der Waals surface area contributed by atoms with Crippen molar-refractivity contribution in [2.45, 2.75) is 52.6 Å². The third kappa shape index (κ3) is 2.68. The summed E-state index contributed by atoms with van der Waals surface area (Å²) in [4.78, 5) is 27.7. The lowest BCUT2D eigenvalue weighted by Gasteiger charge is -2.51. The van der Waals surface area contributed by atoms with Crippen molar-refractivity contribution in [3.63, 3.8) is 0 Å². The molecule has 0 aromatic carbocycles. The molecule has 2 saturated heterocycles. The number of carbonyl (C=O) groups excluding carboxylic acids is 1. The second kappa shape index (κ2) is 5.90. The van der Waals surface area contributed by atoms with Gasteiger partial charge >= 0.3 is 12.0 Å². The van der Waals surface area contributed by atoms with E-state index in [0.29, 0.717) is 31.8 Å². The summed E-state index contributed by atoms with van der Waals surface area (Å²) in [6.07, 6.45) is 2.17. The molecule has 2 heterocycles. The van der Waals surface area contributed by atoms with Crippen molar-refractivity contribution in [1.29, 1.82) is 0 Å². The molecule has 2 amide bonds. The van der Waals surface area contributed by atoms with Gasteiger partial charge < -0.3 is 20.0 Å². The number of piperidine rings is 2. The number of carboxylic acid groups (broad SMARTS) is 1. The number of aliphatic hydroxyl groups is 1. The number of likely N-dealkylation sites (tertiary alicyclic amines) is 2. The zero-order valence-corrected chi connectivity index (χ0v) is 15.0. The number of hydrogen-bond donors (Lipinski definition) is 2. The van der Waals surface area contributed by atoms with Crippen molar-refractivity contribution < 1.29 is 19.8 Å². The molecule has 2 N–H and O–H groups in total. The second-order valence-corrected chi connectivity index (χ2v) is 8.79. The predicted molar refractivity (Wildman–Crippen MR) is 89.5 cm³/mol. The first kappa shape index (κ1) is 17.5. The average Bonchev–Trinajstić information content (AvgIpc) is 2.69. The SMILES string of the molecule is CC1(C)[C@@H]2CC[C@@]1(C)CN(C(=O)N1CCC(C(O)C(=O)O)CC1)C2. The fraction of sp³-hybridized carbons (Fsp3) is 0.889. The Hall–Kier alpha value is -1.30. The normalized spacial score (nSPS) is 34.2. The van der Waals surface area contributed by atoms with Crippen molar-refractivity contribution in [3.8, 4) is 0 Å². The topological polar surface area (TPSA) is 81.1 Å². The lowest BCUT2D eigenvalue weighted by Crippen LogP contribution is -2.57. The van der Waals surface area contributed by atoms with Gasteiger partial charge in [-0.15, -0.1) is 0 Å². The fourth-order valence-corrected chi connectivity index (χ4v) is 4.98. The van der Waals surface area contributed by atoms with Crippen LogP contribution in [0.3, 0.4) is 0 Å².